The quantitative estimate of drug-likeness (QED) is 0.282. The zero-order valence-corrected chi connectivity index (χ0v) is 22.3. The van der Waals surface area contributed by atoms with Crippen LogP contribution in [-0.2, 0) is 0 Å². The monoisotopic (exact) mass is 564 g/mol. The fourth-order valence-electron chi connectivity index (χ4n) is 4.16. The molecule has 2 N–H and O–H groups in total. The number of amides is 1. The van der Waals surface area contributed by atoms with Crippen LogP contribution in [0.2, 0.25) is 0 Å². The van der Waals surface area contributed by atoms with Crippen molar-refractivity contribution in [1.82, 2.24) is 4.98 Å². The molecule has 1 aromatic heterocycles. The van der Waals surface area contributed by atoms with E-state index in [0.717, 1.165) is 31.1 Å². The molecule has 0 spiro atoms. The highest BCUT2D eigenvalue weighted by molar-refractivity contribution is 8.04. The predicted molar refractivity (Wildman–Crippen MR) is 141 cm³/mol. The number of carbonyl (C=O) groups excluding carboxylic acids is 1. The van der Waals surface area contributed by atoms with E-state index < -0.39 is 23.4 Å². The Balaban J connectivity index is 0.000000617. The molecule has 0 aliphatic heterocycles. The molecule has 5 aromatic rings. The first kappa shape index (κ1) is 27.6. The van der Waals surface area contributed by atoms with Gasteiger partial charge >= 0.3 is 0 Å². The first-order valence-electron chi connectivity index (χ1n) is 11.3. The molecule has 0 aliphatic carbocycles. The van der Waals surface area contributed by atoms with Crippen molar-refractivity contribution in [3.05, 3.63) is 127 Å². The minimum atomic E-state index is -4.94. The van der Waals surface area contributed by atoms with Crippen molar-refractivity contribution in [2.45, 2.75) is 0 Å². The minimum absolute atomic E-state index is 0.351. The van der Waals surface area contributed by atoms with E-state index in [-0.39, 0.29) is 0 Å². The van der Waals surface area contributed by atoms with Crippen LogP contribution in [0.1, 0.15) is 10.5 Å². The molecule has 0 radical (unpaired) electrons. The summed E-state index contributed by atoms with van der Waals surface area (Å²) < 4.78 is 34.9. The number of aromatic nitrogens is 1. The van der Waals surface area contributed by atoms with Crippen molar-refractivity contribution in [1.29, 1.82) is 0 Å². The average Bonchev–Trinajstić information content (AvgIpc) is 3.37. The molecule has 7 nitrogen and oxygen atoms in total. The number of nitrogens with two attached hydrogens (primary N) is 1. The van der Waals surface area contributed by atoms with Gasteiger partial charge in [0, 0.05) is 5.56 Å². The number of halogens is 1. The lowest BCUT2D eigenvalue weighted by atomic mass is 10.2. The number of hydrogen-bond donors (Lipinski definition) is 1. The number of thiazole rings is 1. The summed E-state index contributed by atoms with van der Waals surface area (Å²) in [5, 5.41) is 4.28. The van der Waals surface area contributed by atoms with Gasteiger partial charge in [0.2, 0.25) is 0 Å². The van der Waals surface area contributed by atoms with Gasteiger partial charge in [0.05, 0.1) is 0 Å². The normalized spacial score (nSPS) is 11.4. The number of hydrogen-bond acceptors (Lipinski definition) is 7. The SMILES string of the molecule is NC(=O)c1nc(-c2ccccc2)sc1[P+](c1ccccc1)(c1ccccc1)c1ccccc1.[O-][Cl+3]([O-])([O-])[O-]. The maximum atomic E-state index is 12.8. The van der Waals surface area contributed by atoms with E-state index in [1.54, 1.807) is 11.3 Å². The van der Waals surface area contributed by atoms with Crippen LogP contribution in [0.15, 0.2) is 121 Å². The van der Waals surface area contributed by atoms with Gasteiger partial charge in [0.25, 0.3) is 5.91 Å². The van der Waals surface area contributed by atoms with Crippen molar-refractivity contribution < 1.29 is 33.7 Å². The molecule has 0 saturated carbocycles. The van der Waals surface area contributed by atoms with E-state index in [1.165, 1.54) is 0 Å². The average molecular weight is 565 g/mol. The van der Waals surface area contributed by atoms with Crippen molar-refractivity contribution in [3.8, 4) is 10.6 Å². The maximum Gasteiger partial charge on any atom is 0.272 e. The van der Waals surface area contributed by atoms with Crippen LogP contribution in [0.3, 0.4) is 0 Å². The van der Waals surface area contributed by atoms with Crippen LogP contribution in [0.5, 0.6) is 0 Å². The molecule has 0 unspecified atom stereocenters. The second-order valence-corrected chi connectivity index (χ2v) is 13.4. The lowest BCUT2D eigenvalue weighted by Crippen LogP contribution is -2.68. The van der Waals surface area contributed by atoms with Crippen LogP contribution in [0, 0.1) is 10.2 Å². The van der Waals surface area contributed by atoms with Gasteiger partial charge in [-0.3, -0.25) is 4.79 Å². The highest BCUT2D eigenvalue weighted by atomic mass is 35.7. The zero-order valence-electron chi connectivity index (χ0n) is 19.8. The summed E-state index contributed by atoms with van der Waals surface area (Å²) in [6.45, 7) is 0. The molecule has 192 valence electrons. The van der Waals surface area contributed by atoms with E-state index in [9.17, 15) is 4.79 Å². The highest BCUT2D eigenvalue weighted by Crippen LogP contribution is 2.56. The molecule has 0 fully saturated rings. The second kappa shape index (κ2) is 11.9. The third kappa shape index (κ3) is 6.15. The molecule has 0 bridgehead atoms. The van der Waals surface area contributed by atoms with Crippen LogP contribution in [-0.4, -0.2) is 10.9 Å². The Hall–Kier alpha value is -3.46. The van der Waals surface area contributed by atoms with Crippen LogP contribution < -0.4 is 44.9 Å². The topological polar surface area (TPSA) is 148 Å². The predicted octanol–water partition coefficient (Wildman–Crippen LogP) is -0.228. The molecule has 0 saturated heterocycles. The molecule has 4 aromatic carbocycles. The number of nitrogens with zero attached hydrogens (tertiary/aromatic N) is 1. The number of primary amides is 1. The number of benzene rings is 4. The molecular weight excluding hydrogens is 543 g/mol. The summed E-state index contributed by atoms with van der Waals surface area (Å²) in [6, 6.07) is 41.3. The van der Waals surface area contributed by atoms with Gasteiger partial charge in [0.15, 0.2) is 17.6 Å². The van der Waals surface area contributed by atoms with Gasteiger partial charge in [-0.2, -0.15) is 0 Å². The van der Waals surface area contributed by atoms with E-state index >= 15 is 0 Å². The highest BCUT2D eigenvalue weighted by Gasteiger charge is 2.52. The van der Waals surface area contributed by atoms with Gasteiger partial charge in [-0.15, -0.1) is 10.2 Å². The van der Waals surface area contributed by atoms with Crippen molar-refractivity contribution >= 4 is 45.0 Å². The van der Waals surface area contributed by atoms with Gasteiger partial charge in [-0.1, -0.05) is 96.3 Å². The van der Waals surface area contributed by atoms with E-state index in [0.29, 0.717) is 5.69 Å². The fourth-order valence-corrected chi connectivity index (χ4v) is 10.7. The first-order valence-corrected chi connectivity index (χ1v) is 15.1. The van der Waals surface area contributed by atoms with Crippen LogP contribution >= 0.6 is 18.6 Å². The Morgan fingerprint density at radius 1 is 0.658 bits per heavy atom. The smallest absolute Gasteiger partial charge is 0.272 e. The number of rotatable bonds is 6. The van der Waals surface area contributed by atoms with Crippen molar-refractivity contribution in [2.24, 2.45) is 5.73 Å². The molecule has 5 rings (SSSR count). The minimum Gasteiger partial charge on any atom is -0.364 e. The Morgan fingerprint density at radius 3 is 1.34 bits per heavy atom. The fraction of sp³-hybridized carbons (Fsp3) is 0. The lowest BCUT2D eigenvalue weighted by Gasteiger charge is -2.26. The zero-order chi connectivity index (χ0) is 27.2. The molecule has 38 heavy (non-hydrogen) atoms. The standard InChI is InChI=1S/C28H21N2OPS.ClHO4/c29-26(31)25-28(33-27(30-25)21-13-5-1-6-14-21)32(22-15-7-2-8-16-22,23-17-9-3-10-18-23)24-19-11-4-12-20-24;2-1(3,4)5/h1-20H,(H-,29,31);(H,2,3,4,5). The van der Waals surface area contributed by atoms with Crippen LogP contribution in [0.25, 0.3) is 10.6 Å². The summed E-state index contributed by atoms with van der Waals surface area (Å²) >= 11 is 1.57. The Morgan fingerprint density at radius 2 is 1.00 bits per heavy atom. The largest absolute Gasteiger partial charge is 0.364 e. The molecule has 1 amide bonds. The third-order valence-corrected chi connectivity index (χ3v) is 11.6. The second-order valence-electron chi connectivity index (χ2n) is 7.96. The molecule has 1 heterocycles. The molecule has 0 atom stereocenters. The molecule has 0 aliphatic rings. The van der Waals surface area contributed by atoms with E-state index in [1.807, 2.05) is 48.5 Å². The van der Waals surface area contributed by atoms with Crippen molar-refractivity contribution in [3.63, 3.8) is 0 Å². The summed E-state index contributed by atoms with van der Waals surface area (Å²) in [6.07, 6.45) is 0. The van der Waals surface area contributed by atoms with Gasteiger partial charge in [-0.05, 0) is 36.4 Å². The Labute approximate surface area is 226 Å². The first-order chi connectivity index (χ1) is 18.2. The lowest BCUT2D eigenvalue weighted by molar-refractivity contribution is -2.00. The molecular formula is C28H22ClN2O5PS. The summed E-state index contributed by atoms with van der Waals surface area (Å²) in [5.41, 5.74) is 7.29. The van der Waals surface area contributed by atoms with Crippen molar-refractivity contribution in [2.75, 3.05) is 0 Å². The molecule has 10 heteroatoms. The summed E-state index contributed by atoms with van der Waals surface area (Å²) in [7, 11) is -7.39. The number of carbonyl (C=O) groups is 1. The van der Waals surface area contributed by atoms with Crippen LogP contribution in [0.4, 0.5) is 0 Å². The van der Waals surface area contributed by atoms with Gasteiger partial charge in [0.1, 0.15) is 20.9 Å². The summed E-state index contributed by atoms with van der Waals surface area (Å²) in [4.78, 5) is 17.6. The third-order valence-electron chi connectivity index (χ3n) is 5.60. The van der Waals surface area contributed by atoms with E-state index in [2.05, 4.69) is 72.8 Å². The van der Waals surface area contributed by atoms with Gasteiger partial charge in [-0.25, -0.2) is 23.6 Å². The van der Waals surface area contributed by atoms with E-state index in [4.69, 9.17) is 29.4 Å². The maximum absolute atomic E-state index is 12.8. The Kier molecular flexibility index (Phi) is 8.66. The summed E-state index contributed by atoms with van der Waals surface area (Å²) in [5.74, 6) is -0.504. The Bertz CT molecular complexity index is 1380. The van der Waals surface area contributed by atoms with Gasteiger partial charge < -0.3 is 5.73 Å².